The van der Waals surface area contributed by atoms with Crippen molar-refractivity contribution in [3.63, 3.8) is 0 Å². The van der Waals surface area contributed by atoms with Crippen LogP contribution in [0.1, 0.15) is 32.3 Å². The van der Waals surface area contributed by atoms with Crippen molar-refractivity contribution >= 4 is 29.7 Å². The fourth-order valence-electron chi connectivity index (χ4n) is 2.81. The highest BCUT2D eigenvalue weighted by Gasteiger charge is 2.27. The number of aliphatic carboxylic acids is 1. The lowest BCUT2D eigenvalue weighted by Crippen LogP contribution is -2.56. The molecule has 4 unspecified atom stereocenters. The largest absolute Gasteiger partial charge is 0.508 e. The summed E-state index contributed by atoms with van der Waals surface area (Å²) in [4.78, 5) is 52.3. The van der Waals surface area contributed by atoms with E-state index in [4.69, 9.17) is 22.3 Å². The molecule has 11 N–H and O–H groups in total. The van der Waals surface area contributed by atoms with Gasteiger partial charge in [-0.3, -0.25) is 24.2 Å². The summed E-state index contributed by atoms with van der Waals surface area (Å²) in [5, 5.41) is 25.6. The Bertz CT molecular complexity index is 886. The van der Waals surface area contributed by atoms with Gasteiger partial charge in [0.15, 0.2) is 5.96 Å². The molecule has 188 valence electrons. The Kier molecular flexibility index (Phi) is 11.3. The molecular weight excluding hydrogens is 446 g/mol. The molecule has 0 aliphatic heterocycles. The third kappa shape index (κ3) is 10.2. The molecule has 0 saturated heterocycles. The first-order chi connectivity index (χ1) is 15.9. The maximum atomic E-state index is 12.8. The summed E-state index contributed by atoms with van der Waals surface area (Å²) in [6.45, 7) is 2.89. The maximum Gasteiger partial charge on any atom is 0.325 e. The Hall–Kier alpha value is -3.87. The van der Waals surface area contributed by atoms with Crippen LogP contribution in [0.5, 0.6) is 5.75 Å². The van der Waals surface area contributed by atoms with E-state index in [0.29, 0.717) is 12.0 Å². The van der Waals surface area contributed by atoms with Crippen molar-refractivity contribution in [1.82, 2.24) is 16.0 Å². The predicted molar refractivity (Wildman–Crippen MR) is 124 cm³/mol. The average molecular weight is 480 g/mol. The van der Waals surface area contributed by atoms with E-state index >= 15 is 0 Å². The van der Waals surface area contributed by atoms with E-state index in [1.54, 1.807) is 12.1 Å². The number of carbonyl (C=O) groups excluding carboxylic acids is 3. The van der Waals surface area contributed by atoms with E-state index in [9.17, 15) is 24.3 Å². The Morgan fingerprint density at radius 1 is 0.941 bits per heavy atom. The van der Waals surface area contributed by atoms with Crippen LogP contribution in [0.3, 0.4) is 0 Å². The number of phenolic OH excluding ortho intramolecular Hbond substituents is 1. The summed E-state index contributed by atoms with van der Waals surface area (Å²) in [7, 11) is 0. The number of hydrogen-bond acceptors (Lipinski definition) is 7. The Labute approximate surface area is 197 Å². The van der Waals surface area contributed by atoms with Crippen LogP contribution in [0.4, 0.5) is 0 Å². The van der Waals surface area contributed by atoms with Gasteiger partial charge < -0.3 is 43.4 Å². The molecule has 3 amide bonds. The van der Waals surface area contributed by atoms with E-state index in [0.717, 1.165) is 0 Å². The maximum absolute atomic E-state index is 12.8. The Balaban J connectivity index is 2.81. The summed E-state index contributed by atoms with van der Waals surface area (Å²) >= 11 is 0. The second-order valence-corrected chi connectivity index (χ2v) is 7.79. The van der Waals surface area contributed by atoms with Gasteiger partial charge in [-0.25, -0.2) is 0 Å². The van der Waals surface area contributed by atoms with Gasteiger partial charge in [0.25, 0.3) is 0 Å². The number of carboxylic acids is 1. The molecule has 0 aliphatic carbocycles. The lowest BCUT2D eigenvalue weighted by atomic mass is 10.0. The summed E-state index contributed by atoms with van der Waals surface area (Å²) < 4.78 is 0. The van der Waals surface area contributed by atoms with E-state index in [1.165, 1.54) is 26.0 Å². The van der Waals surface area contributed by atoms with Gasteiger partial charge in [0.1, 0.15) is 23.9 Å². The third-order valence-electron chi connectivity index (χ3n) is 4.79. The van der Waals surface area contributed by atoms with Crippen molar-refractivity contribution in [1.29, 1.82) is 0 Å². The molecular formula is C21H33N7O6. The summed E-state index contributed by atoms with van der Waals surface area (Å²) in [6.07, 6.45) is 0.667. The number of nitrogens with one attached hydrogen (secondary N) is 3. The molecule has 13 heteroatoms. The lowest BCUT2D eigenvalue weighted by Gasteiger charge is -2.23. The number of aliphatic imine (C=N–C) groups is 1. The first-order valence-corrected chi connectivity index (χ1v) is 10.6. The van der Waals surface area contributed by atoms with Crippen LogP contribution in [0.25, 0.3) is 0 Å². The van der Waals surface area contributed by atoms with Gasteiger partial charge >= 0.3 is 5.97 Å². The number of nitrogens with two attached hydrogens (primary N) is 3. The minimum absolute atomic E-state index is 0.0789. The Morgan fingerprint density at radius 2 is 1.53 bits per heavy atom. The van der Waals surface area contributed by atoms with Gasteiger partial charge in [-0.15, -0.1) is 0 Å². The van der Waals surface area contributed by atoms with Crippen molar-refractivity contribution in [2.75, 3.05) is 6.54 Å². The summed E-state index contributed by atoms with van der Waals surface area (Å²) in [6, 6.07) is 1.97. The van der Waals surface area contributed by atoms with E-state index in [-0.39, 0.29) is 31.1 Å². The van der Waals surface area contributed by atoms with Gasteiger partial charge in [-0.2, -0.15) is 0 Å². The molecule has 1 rings (SSSR count). The molecule has 1 aromatic rings. The normalized spacial score (nSPS) is 14.1. The van der Waals surface area contributed by atoms with Crippen molar-refractivity contribution in [2.24, 2.45) is 22.2 Å². The number of phenols is 1. The predicted octanol–water partition coefficient (Wildman–Crippen LogP) is -2.11. The molecule has 0 heterocycles. The van der Waals surface area contributed by atoms with Gasteiger partial charge in [0.05, 0.1) is 6.04 Å². The molecule has 0 bridgehead atoms. The topological polar surface area (TPSA) is 235 Å². The SMILES string of the molecule is CC(NC(=O)C(C)NC(=O)C(CCCN=C(N)N)NC(=O)C(N)Cc1ccc(O)cc1)C(=O)O. The first-order valence-electron chi connectivity index (χ1n) is 10.6. The Morgan fingerprint density at radius 3 is 2.09 bits per heavy atom. The number of aromatic hydroxyl groups is 1. The van der Waals surface area contributed by atoms with Crippen molar-refractivity contribution in [3.8, 4) is 5.75 Å². The van der Waals surface area contributed by atoms with Crippen LogP contribution < -0.4 is 33.2 Å². The van der Waals surface area contributed by atoms with E-state index < -0.39 is 47.9 Å². The lowest BCUT2D eigenvalue weighted by molar-refractivity contribution is -0.141. The zero-order valence-electron chi connectivity index (χ0n) is 19.2. The number of hydrogen-bond donors (Lipinski definition) is 8. The fourth-order valence-corrected chi connectivity index (χ4v) is 2.81. The van der Waals surface area contributed by atoms with Gasteiger partial charge in [-0.05, 0) is 50.8 Å². The van der Waals surface area contributed by atoms with Crippen LogP contribution in [0.2, 0.25) is 0 Å². The number of rotatable bonds is 13. The molecule has 0 saturated carbocycles. The van der Waals surface area contributed by atoms with Crippen LogP contribution in [-0.4, -0.2) is 70.6 Å². The van der Waals surface area contributed by atoms with E-state index in [1.807, 2.05) is 0 Å². The van der Waals surface area contributed by atoms with Gasteiger partial charge in [0, 0.05) is 6.54 Å². The minimum atomic E-state index is -1.22. The van der Waals surface area contributed by atoms with Crippen molar-refractivity contribution in [3.05, 3.63) is 29.8 Å². The van der Waals surface area contributed by atoms with Crippen LogP contribution in [0, 0.1) is 0 Å². The molecule has 0 aromatic heterocycles. The molecule has 34 heavy (non-hydrogen) atoms. The second kappa shape index (κ2) is 13.6. The van der Waals surface area contributed by atoms with Gasteiger partial charge in [-0.1, -0.05) is 12.1 Å². The number of benzene rings is 1. The average Bonchev–Trinajstić information content (AvgIpc) is 2.76. The molecule has 0 spiro atoms. The van der Waals surface area contributed by atoms with Crippen LogP contribution in [0.15, 0.2) is 29.3 Å². The highest BCUT2D eigenvalue weighted by molar-refractivity contribution is 5.93. The van der Waals surface area contributed by atoms with Crippen LogP contribution >= 0.6 is 0 Å². The molecule has 0 fully saturated rings. The fraction of sp³-hybridized carbons (Fsp3) is 0.476. The quantitative estimate of drug-likeness (QED) is 0.0876. The number of carbonyl (C=O) groups is 4. The smallest absolute Gasteiger partial charge is 0.325 e. The minimum Gasteiger partial charge on any atom is -0.508 e. The number of nitrogens with zero attached hydrogens (tertiary/aromatic N) is 1. The zero-order chi connectivity index (χ0) is 25.8. The number of amides is 3. The second-order valence-electron chi connectivity index (χ2n) is 7.79. The van der Waals surface area contributed by atoms with E-state index in [2.05, 4.69) is 20.9 Å². The highest BCUT2D eigenvalue weighted by Crippen LogP contribution is 2.11. The molecule has 1 aromatic carbocycles. The summed E-state index contributed by atoms with van der Waals surface area (Å²) in [5.41, 5.74) is 17.3. The highest BCUT2D eigenvalue weighted by atomic mass is 16.4. The monoisotopic (exact) mass is 479 g/mol. The molecule has 0 radical (unpaired) electrons. The van der Waals surface area contributed by atoms with Crippen LogP contribution in [-0.2, 0) is 25.6 Å². The standard InChI is InChI=1S/C21H33N7O6/c1-11(17(30)27-12(2)20(33)34)26-19(32)16(4-3-9-25-21(23)24)28-18(31)15(22)10-13-5-7-14(29)8-6-13/h5-8,11-12,15-16,29H,3-4,9-10,22H2,1-2H3,(H,26,32)(H,27,30)(H,28,31)(H,33,34)(H4,23,24,25). The summed E-state index contributed by atoms with van der Waals surface area (Å²) in [5.74, 6) is -3.20. The third-order valence-corrected chi connectivity index (χ3v) is 4.79. The van der Waals surface area contributed by atoms with Crippen molar-refractivity contribution < 1.29 is 29.4 Å². The first kappa shape index (κ1) is 28.2. The van der Waals surface area contributed by atoms with Gasteiger partial charge in [0.2, 0.25) is 17.7 Å². The molecule has 13 nitrogen and oxygen atoms in total. The van der Waals surface area contributed by atoms with Crippen molar-refractivity contribution in [2.45, 2.75) is 57.3 Å². The number of carboxylic acid groups (broad SMARTS) is 1. The number of guanidine groups is 1. The molecule has 4 atom stereocenters. The zero-order valence-corrected chi connectivity index (χ0v) is 19.2. The molecule has 0 aliphatic rings.